The van der Waals surface area contributed by atoms with Gasteiger partial charge in [0, 0.05) is 11.1 Å². The molecule has 1 aromatic heterocycles. The second-order valence-electron chi connectivity index (χ2n) is 2.71. The summed E-state index contributed by atoms with van der Waals surface area (Å²) in [6.45, 7) is 0. The molecule has 4 heteroatoms. The Hall–Kier alpha value is -1.48. The lowest BCUT2D eigenvalue weighted by molar-refractivity contribution is 0.480. The van der Waals surface area contributed by atoms with Gasteiger partial charge in [-0.05, 0) is 12.1 Å². The van der Waals surface area contributed by atoms with E-state index in [9.17, 15) is 5.11 Å². The maximum absolute atomic E-state index is 9.44. The van der Waals surface area contributed by atoms with Crippen molar-refractivity contribution in [1.29, 1.82) is 0 Å². The first-order chi connectivity index (χ1) is 6.18. The monoisotopic (exact) mass is 194 g/mol. The average Bonchev–Trinajstić information content (AvgIpc) is 2.07. The SMILES string of the molecule is Nc1cc(Cl)nc2c(O)cccc12. The third-order valence-electron chi connectivity index (χ3n) is 1.82. The van der Waals surface area contributed by atoms with Crippen molar-refractivity contribution in [1.82, 2.24) is 4.98 Å². The number of pyridine rings is 1. The third kappa shape index (κ3) is 1.27. The van der Waals surface area contributed by atoms with Crippen molar-refractivity contribution in [3.05, 3.63) is 29.4 Å². The predicted molar refractivity (Wildman–Crippen MR) is 52.8 cm³/mol. The van der Waals surface area contributed by atoms with Gasteiger partial charge < -0.3 is 10.8 Å². The van der Waals surface area contributed by atoms with Gasteiger partial charge in [-0.2, -0.15) is 0 Å². The lowest BCUT2D eigenvalue weighted by Crippen LogP contribution is -1.89. The van der Waals surface area contributed by atoms with Crippen molar-refractivity contribution in [2.75, 3.05) is 5.73 Å². The van der Waals surface area contributed by atoms with Crippen LogP contribution in [0.1, 0.15) is 0 Å². The first-order valence-corrected chi connectivity index (χ1v) is 4.10. The molecule has 0 fully saturated rings. The number of fused-ring (bicyclic) bond motifs is 1. The third-order valence-corrected chi connectivity index (χ3v) is 2.01. The van der Waals surface area contributed by atoms with E-state index < -0.39 is 0 Å². The molecular formula is C9H7ClN2O. The highest BCUT2D eigenvalue weighted by molar-refractivity contribution is 6.30. The van der Waals surface area contributed by atoms with E-state index in [4.69, 9.17) is 17.3 Å². The summed E-state index contributed by atoms with van der Waals surface area (Å²) in [4.78, 5) is 3.97. The molecule has 1 aromatic carbocycles. The molecule has 0 amide bonds. The number of anilines is 1. The lowest BCUT2D eigenvalue weighted by atomic mass is 10.2. The zero-order valence-corrected chi connectivity index (χ0v) is 7.42. The highest BCUT2D eigenvalue weighted by atomic mass is 35.5. The number of para-hydroxylation sites is 1. The molecule has 66 valence electrons. The number of rotatable bonds is 0. The minimum Gasteiger partial charge on any atom is -0.506 e. The fourth-order valence-electron chi connectivity index (χ4n) is 1.23. The molecule has 1 heterocycles. The van der Waals surface area contributed by atoms with Crippen LogP contribution in [0.3, 0.4) is 0 Å². The number of aromatic hydroxyl groups is 1. The van der Waals surface area contributed by atoms with Gasteiger partial charge in [0.05, 0.1) is 0 Å². The van der Waals surface area contributed by atoms with Crippen LogP contribution >= 0.6 is 11.6 Å². The lowest BCUT2D eigenvalue weighted by Gasteiger charge is -2.03. The Kier molecular flexibility index (Phi) is 1.74. The van der Waals surface area contributed by atoms with Crippen molar-refractivity contribution >= 4 is 28.2 Å². The Morgan fingerprint density at radius 2 is 2.15 bits per heavy atom. The summed E-state index contributed by atoms with van der Waals surface area (Å²) in [7, 11) is 0. The summed E-state index contributed by atoms with van der Waals surface area (Å²) >= 11 is 5.69. The van der Waals surface area contributed by atoms with Gasteiger partial charge in [0.25, 0.3) is 0 Å². The van der Waals surface area contributed by atoms with E-state index in [0.29, 0.717) is 16.6 Å². The normalized spacial score (nSPS) is 10.5. The molecule has 3 nitrogen and oxygen atoms in total. The van der Waals surface area contributed by atoms with E-state index in [0.717, 1.165) is 0 Å². The molecule has 0 atom stereocenters. The predicted octanol–water partition coefficient (Wildman–Crippen LogP) is 2.18. The summed E-state index contributed by atoms with van der Waals surface area (Å²) in [6, 6.07) is 6.60. The number of nitrogen functional groups attached to an aromatic ring is 1. The quantitative estimate of drug-likeness (QED) is 0.632. The summed E-state index contributed by atoms with van der Waals surface area (Å²) in [6.07, 6.45) is 0. The van der Waals surface area contributed by atoms with E-state index in [2.05, 4.69) is 4.98 Å². The molecule has 2 aromatic rings. The van der Waals surface area contributed by atoms with Crippen LogP contribution in [0.2, 0.25) is 5.15 Å². The molecule has 0 spiro atoms. The molecule has 0 radical (unpaired) electrons. The molecule has 0 aliphatic rings. The van der Waals surface area contributed by atoms with Gasteiger partial charge in [0.1, 0.15) is 16.4 Å². The molecule has 0 aliphatic heterocycles. The molecule has 2 rings (SSSR count). The van der Waals surface area contributed by atoms with E-state index in [1.54, 1.807) is 24.3 Å². The Morgan fingerprint density at radius 3 is 2.92 bits per heavy atom. The number of phenolic OH excluding ortho intramolecular Hbond substituents is 1. The topological polar surface area (TPSA) is 59.1 Å². The Bertz CT molecular complexity index is 470. The first-order valence-electron chi connectivity index (χ1n) is 3.72. The van der Waals surface area contributed by atoms with Crippen LogP contribution in [0.25, 0.3) is 10.9 Å². The van der Waals surface area contributed by atoms with Gasteiger partial charge >= 0.3 is 0 Å². The van der Waals surface area contributed by atoms with Crippen LogP contribution in [-0.2, 0) is 0 Å². The van der Waals surface area contributed by atoms with Crippen molar-refractivity contribution < 1.29 is 5.11 Å². The molecule has 0 saturated heterocycles. The number of benzene rings is 1. The molecule has 0 saturated carbocycles. The second kappa shape index (κ2) is 2.78. The molecule has 0 unspecified atom stereocenters. The van der Waals surface area contributed by atoms with Gasteiger partial charge in [-0.25, -0.2) is 4.98 Å². The van der Waals surface area contributed by atoms with Crippen LogP contribution in [0.5, 0.6) is 5.75 Å². The number of hydrogen-bond acceptors (Lipinski definition) is 3. The smallest absolute Gasteiger partial charge is 0.141 e. The summed E-state index contributed by atoms with van der Waals surface area (Å²) < 4.78 is 0. The maximum atomic E-state index is 9.44. The van der Waals surface area contributed by atoms with E-state index in [-0.39, 0.29) is 10.9 Å². The van der Waals surface area contributed by atoms with Gasteiger partial charge in [0.15, 0.2) is 0 Å². The largest absolute Gasteiger partial charge is 0.506 e. The number of hydrogen-bond donors (Lipinski definition) is 2. The maximum Gasteiger partial charge on any atom is 0.141 e. The number of halogens is 1. The Balaban J connectivity index is 2.94. The van der Waals surface area contributed by atoms with Crippen molar-refractivity contribution in [2.45, 2.75) is 0 Å². The van der Waals surface area contributed by atoms with E-state index in [1.807, 2.05) is 0 Å². The minimum absolute atomic E-state index is 0.0895. The van der Waals surface area contributed by atoms with Gasteiger partial charge in [-0.15, -0.1) is 0 Å². The van der Waals surface area contributed by atoms with Crippen molar-refractivity contribution in [2.24, 2.45) is 0 Å². The average molecular weight is 195 g/mol. The minimum atomic E-state index is 0.0895. The fraction of sp³-hybridized carbons (Fsp3) is 0. The molecule has 13 heavy (non-hydrogen) atoms. The van der Waals surface area contributed by atoms with Crippen LogP contribution in [0, 0.1) is 0 Å². The van der Waals surface area contributed by atoms with Crippen LogP contribution in [-0.4, -0.2) is 10.1 Å². The van der Waals surface area contributed by atoms with Crippen LogP contribution in [0.4, 0.5) is 5.69 Å². The number of nitrogens with two attached hydrogens (primary N) is 1. The van der Waals surface area contributed by atoms with Gasteiger partial charge in [0.2, 0.25) is 0 Å². The number of phenols is 1. The van der Waals surface area contributed by atoms with E-state index in [1.165, 1.54) is 0 Å². The van der Waals surface area contributed by atoms with Gasteiger partial charge in [-0.1, -0.05) is 23.7 Å². The van der Waals surface area contributed by atoms with Crippen LogP contribution < -0.4 is 5.73 Å². The van der Waals surface area contributed by atoms with Crippen molar-refractivity contribution in [3.63, 3.8) is 0 Å². The summed E-state index contributed by atoms with van der Waals surface area (Å²) in [5, 5.41) is 10.4. The zero-order chi connectivity index (χ0) is 9.42. The summed E-state index contributed by atoms with van der Waals surface area (Å²) in [5.74, 6) is 0.0895. The number of nitrogens with zero attached hydrogens (tertiary/aromatic N) is 1. The van der Waals surface area contributed by atoms with Gasteiger partial charge in [-0.3, -0.25) is 0 Å². The van der Waals surface area contributed by atoms with Crippen LogP contribution in [0.15, 0.2) is 24.3 Å². The van der Waals surface area contributed by atoms with E-state index >= 15 is 0 Å². The molecule has 0 aliphatic carbocycles. The first kappa shape index (κ1) is 8.13. The zero-order valence-electron chi connectivity index (χ0n) is 6.66. The molecule has 3 N–H and O–H groups in total. The Labute approximate surface area is 79.8 Å². The fourth-order valence-corrected chi connectivity index (χ4v) is 1.43. The highest BCUT2D eigenvalue weighted by Gasteiger charge is 2.04. The number of aromatic nitrogens is 1. The second-order valence-corrected chi connectivity index (χ2v) is 3.09. The molecule has 0 bridgehead atoms. The standard InChI is InChI=1S/C9H7ClN2O/c10-8-4-6(11)5-2-1-3-7(13)9(5)12-8/h1-4,13H,(H2,11,12). The Morgan fingerprint density at radius 1 is 1.38 bits per heavy atom. The molecular weight excluding hydrogens is 188 g/mol. The highest BCUT2D eigenvalue weighted by Crippen LogP contribution is 2.28. The summed E-state index contributed by atoms with van der Waals surface area (Å²) in [5.41, 5.74) is 6.65. The van der Waals surface area contributed by atoms with Crippen molar-refractivity contribution in [3.8, 4) is 5.75 Å².